The van der Waals surface area contributed by atoms with Crippen LogP contribution >= 0.6 is 12.4 Å². The molecule has 2 amide bonds. The molecule has 1 aliphatic heterocycles. The van der Waals surface area contributed by atoms with Gasteiger partial charge in [0, 0.05) is 39.3 Å². The van der Waals surface area contributed by atoms with Gasteiger partial charge in [0.1, 0.15) is 0 Å². The van der Waals surface area contributed by atoms with Gasteiger partial charge in [-0.2, -0.15) is 0 Å². The van der Waals surface area contributed by atoms with Gasteiger partial charge in [-0.3, -0.25) is 0 Å². The van der Waals surface area contributed by atoms with Crippen LogP contribution < -0.4 is 0 Å². The fourth-order valence-electron chi connectivity index (χ4n) is 1.69. The highest BCUT2D eigenvalue weighted by Gasteiger charge is 2.21. The lowest BCUT2D eigenvalue weighted by Gasteiger charge is -2.35. The van der Waals surface area contributed by atoms with Gasteiger partial charge >= 0.3 is 6.03 Å². The molecule has 5 heteroatoms. The highest BCUT2D eigenvalue weighted by Crippen LogP contribution is 2.03. The number of carbonyl (C=O) groups is 1. The molecule has 90 valence electrons. The molecule has 1 saturated heterocycles. The first kappa shape index (κ1) is 14.5. The predicted molar refractivity (Wildman–Crippen MR) is 64.6 cm³/mol. The molecule has 0 aromatic carbocycles. The van der Waals surface area contributed by atoms with Crippen LogP contribution in [0, 0.1) is 0 Å². The average Bonchev–Trinajstić information content (AvgIpc) is 2.20. The maximum atomic E-state index is 11.9. The number of rotatable bonds is 2. The maximum absolute atomic E-state index is 11.9. The van der Waals surface area contributed by atoms with Crippen molar-refractivity contribution in [3.63, 3.8) is 0 Å². The van der Waals surface area contributed by atoms with Gasteiger partial charge in [-0.05, 0) is 20.9 Å². The van der Waals surface area contributed by atoms with Crippen molar-refractivity contribution in [3.8, 4) is 0 Å². The van der Waals surface area contributed by atoms with Crippen LogP contribution in [0.3, 0.4) is 0 Å². The molecule has 15 heavy (non-hydrogen) atoms. The summed E-state index contributed by atoms with van der Waals surface area (Å²) in [7, 11) is 2.10. The molecule has 0 bridgehead atoms. The summed E-state index contributed by atoms with van der Waals surface area (Å²) >= 11 is 0. The fourth-order valence-corrected chi connectivity index (χ4v) is 1.69. The number of amides is 2. The van der Waals surface area contributed by atoms with E-state index in [0.29, 0.717) is 0 Å². The molecule has 0 aromatic rings. The zero-order valence-corrected chi connectivity index (χ0v) is 10.7. The number of urea groups is 1. The monoisotopic (exact) mass is 235 g/mol. The van der Waals surface area contributed by atoms with E-state index in [4.69, 9.17) is 0 Å². The van der Waals surface area contributed by atoms with Gasteiger partial charge in [0.05, 0.1) is 0 Å². The Morgan fingerprint density at radius 2 is 1.60 bits per heavy atom. The highest BCUT2D eigenvalue weighted by atomic mass is 35.5. The minimum absolute atomic E-state index is 0. The van der Waals surface area contributed by atoms with E-state index < -0.39 is 0 Å². The Labute approximate surface area is 98.6 Å². The van der Waals surface area contributed by atoms with E-state index in [0.717, 1.165) is 39.3 Å². The Balaban J connectivity index is 0.00000196. The zero-order valence-electron chi connectivity index (χ0n) is 9.90. The molecular weight excluding hydrogens is 214 g/mol. The topological polar surface area (TPSA) is 26.8 Å². The summed E-state index contributed by atoms with van der Waals surface area (Å²) < 4.78 is 0. The van der Waals surface area contributed by atoms with Gasteiger partial charge in [0.15, 0.2) is 0 Å². The van der Waals surface area contributed by atoms with Gasteiger partial charge in [-0.25, -0.2) is 4.79 Å². The summed E-state index contributed by atoms with van der Waals surface area (Å²) in [6.45, 7) is 9.38. The lowest BCUT2D eigenvalue weighted by molar-refractivity contribution is 0.125. The van der Waals surface area contributed by atoms with Crippen LogP contribution in [0.5, 0.6) is 0 Å². The van der Waals surface area contributed by atoms with Crippen molar-refractivity contribution >= 4 is 18.4 Å². The SMILES string of the molecule is CCN(CC)C(=O)N1CCN(C)CC1.Cl. The van der Waals surface area contributed by atoms with E-state index in [2.05, 4.69) is 11.9 Å². The second kappa shape index (κ2) is 6.90. The smallest absolute Gasteiger partial charge is 0.320 e. The van der Waals surface area contributed by atoms with E-state index >= 15 is 0 Å². The van der Waals surface area contributed by atoms with Crippen molar-refractivity contribution in [2.24, 2.45) is 0 Å². The summed E-state index contributed by atoms with van der Waals surface area (Å²) in [6.07, 6.45) is 0. The third kappa shape index (κ3) is 3.87. The Kier molecular flexibility index (Phi) is 6.68. The molecular formula is C10H22ClN3O. The fraction of sp³-hybridized carbons (Fsp3) is 0.900. The number of halogens is 1. The van der Waals surface area contributed by atoms with E-state index in [-0.39, 0.29) is 18.4 Å². The summed E-state index contributed by atoms with van der Waals surface area (Å²) in [5, 5.41) is 0. The number of carbonyl (C=O) groups excluding carboxylic acids is 1. The van der Waals surface area contributed by atoms with Crippen LogP contribution in [-0.2, 0) is 0 Å². The first-order valence-corrected chi connectivity index (χ1v) is 5.41. The number of piperazine rings is 1. The first-order chi connectivity index (χ1) is 6.69. The van der Waals surface area contributed by atoms with Crippen molar-refractivity contribution in [2.45, 2.75) is 13.8 Å². The molecule has 0 radical (unpaired) electrons. The third-order valence-corrected chi connectivity index (χ3v) is 2.81. The molecule has 0 aromatic heterocycles. The minimum Gasteiger partial charge on any atom is -0.325 e. The average molecular weight is 236 g/mol. The van der Waals surface area contributed by atoms with Gasteiger partial charge in [-0.1, -0.05) is 0 Å². The Morgan fingerprint density at radius 1 is 1.13 bits per heavy atom. The molecule has 0 spiro atoms. The number of nitrogens with zero attached hydrogens (tertiary/aromatic N) is 3. The summed E-state index contributed by atoms with van der Waals surface area (Å²) in [5.74, 6) is 0. The van der Waals surface area contributed by atoms with Crippen molar-refractivity contribution in [3.05, 3.63) is 0 Å². The molecule has 4 nitrogen and oxygen atoms in total. The normalized spacial score (nSPS) is 17.1. The Bertz CT molecular complexity index is 189. The Morgan fingerprint density at radius 3 is 2.00 bits per heavy atom. The highest BCUT2D eigenvalue weighted by molar-refractivity contribution is 5.85. The second-order valence-corrected chi connectivity index (χ2v) is 3.75. The number of likely N-dealkylation sites (N-methyl/N-ethyl adjacent to an activating group) is 1. The van der Waals surface area contributed by atoms with Crippen LogP contribution in [0.25, 0.3) is 0 Å². The lowest BCUT2D eigenvalue weighted by atomic mass is 10.3. The van der Waals surface area contributed by atoms with E-state index in [9.17, 15) is 4.79 Å². The second-order valence-electron chi connectivity index (χ2n) is 3.75. The van der Waals surface area contributed by atoms with Gasteiger partial charge in [-0.15, -0.1) is 12.4 Å². The molecule has 0 unspecified atom stereocenters. The summed E-state index contributed by atoms with van der Waals surface area (Å²) in [6, 6.07) is 0.197. The van der Waals surface area contributed by atoms with Crippen molar-refractivity contribution in [2.75, 3.05) is 46.3 Å². The quantitative estimate of drug-likeness (QED) is 0.717. The molecule has 0 atom stereocenters. The van der Waals surface area contributed by atoms with Crippen LogP contribution in [0.2, 0.25) is 0 Å². The summed E-state index contributed by atoms with van der Waals surface area (Å²) in [5.41, 5.74) is 0. The van der Waals surface area contributed by atoms with Crippen LogP contribution in [-0.4, -0.2) is 67.0 Å². The van der Waals surface area contributed by atoms with Crippen molar-refractivity contribution in [1.82, 2.24) is 14.7 Å². The number of hydrogen-bond donors (Lipinski definition) is 0. The van der Waals surface area contributed by atoms with E-state index in [1.807, 2.05) is 23.6 Å². The molecule has 1 rings (SSSR count). The van der Waals surface area contributed by atoms with Crippen molar-refractivity contribution in [1.29, 1.82) is 0 Å². The zero-order chi connectivity index (χ0) is 10.6. The third-order valence-electron chi connectivity index (χ3n) is 2.81. The number of hydrogen-bond acceptors (Lipinski definition) is 2. The molecule has 0 aliphatic carbocycles. The first-order valence-electron chi connectivity index (χ1n) is 5.41. The van der Waals surface area contributed by atoms with E-state index in [1.54, 1.807) is 0 Å². The maximum Gasteiger partial charge on any atom is 0.320 e. The van der Waals surface area contributed by atoms with Crippen LogP contribution in [0.15, 0.2) is 0 Å². The van der Waals surface area contributed by atoms with Gasteiger partial charge < -0.3 is 14.7 Å². The standard InChI is InChI=1S/C10H21N3O.ClH/c1-4-12(5-2)10(14)13-8-6-11(3)7-9-13;/h4-9H2,1-3H3;1H. The molecule has 0 N–H and O–H groups in total. The Hall–Kier alpha value is -0.480. The van der Waals surface area contributed by atoms with Crippen LogP contribution in [0.4, 0.5) is 4.79 Å². The predicted octanol–water partition coefficient (Wildman–Crippen LogP) is 1.12. The van der Waals surface area contributed by atoms with Gasteiger partial charge in [0.2, 0.25) is 0 Å². The van der Waals surface area contributed by atoms with Crippen molar-refractivity contribution < 1.29 is 4.79 Å². The van der Waals surface area contributed by atoms with Gasteiger partial charge in [0.25, 0.3) is 0 Å². The largest absolute Gasteiger partial charge is 0.325 e. The molecule has 1 aliphatic rings. The van der Waals surface area contributed by atoms with Crippen LogP contribution in [0.1, 0.15) is 13.8 Å². The molecule has 1 fully saturated rings. The molecule has 0 saturated carbocycles. The summed E-state index contributed by atoms with van der Waals surface area (Å²) in [4.78, 5) is 18.0. The molecule has 1 heterocycles. The van der Waals surface area contributed by atoms with E-state index in [1.165, 1.54) is 0 Å². The lowest BCUT2D eigenvalue weighted by Crippen LogP contribution is -2.51. The minimum atomic E-state index is 0.